The third-order valence-corrected chi connectivity index (χ3v) is 3.81. The van der Waals surface area contributed by atoms with E-state index in [0.717, 1.165) is 5.56 Å². The van der Waals surface area contributed by atoms with Crippen LogP contribution in [0.2, 0.25) is 0 Å². The molecule has 0 fully saturated rings. The van der Waals surface area contributed by atoms with Crippen LogP contribution in [0.3, 0.4) is 0 Å². The van der Waals surface area contributed by atoms with E-state index in [9.17, 15) is 9.18 Å². The van der Waals surface area contributed by atoms with Crippen LogP contribution in [0.25, 0.3) is 17.0 Å². The minimum Gasteiger partial charge on any atom is -0.322 e. The van der Waals surface area contributed by atoms with Crippen molar-refractivity contribution in [2.75, 3.05) is 5.32 Å². The lowest BCUT2D eigenvalue weighted by Crippen LogP contribution is -2.13. The summed E-state index contributed by atoms with van der Waals surface area (Å²) in [4.78, 5) is 12.6. The van der Waals surface area contributed by atoms with Crippen LogP contribution in [0.1, 0.15) is 10.4 Å². The number of para-hydroxylation sites is 1. The second kappa shape index (κ2) is 6.16. The van der Waals surface area contributed by atoms with Crippen molar-refractivity contribution in [2.45, 2.75) is 0 Å². The number of anilines is 1. The zero-order valence-corrected chi connectivity index (χ0v) is 13.1. The van der Waals surface area contributed by atoms with Crippen LogP contribution in [-0.2, 0) is 0 Å². The SMILES string of the molecule is O=C(Nc1ccccc1)c1cccn2c(-c3ccc(F)cc3)nnc12. The van der Waals surface area contributed by atoms with E-state index in [4.69, 9.17) is 0 Å². The predicted octanol–water partition coefficient (Wildman–Crippen LogP) is 3.79. The Balaban J connectivity index is 1.74. The summed E-state index contributed by atoms with van der Waals surface area (Å²) in [6.45, 7) is 0. The topological polar surface area (TPSA) is 59.3 Å². The van der Waals surface area contributed by atoms with Gasteiger partial charge in [-0.05, 0) is 48.5 Å². The van der Waals surface area contributed by atoms with Crippen molar-refractivity contribution >= 4 is 17.2 Å². The number of hydrogen-bond donors (Lipinski definition) is 1. The third-order valence-electron chi connectivity index (χ3n) is 3.81. The molecule has 122 valence electrons. The summed E-state index contributed by atoms with van der Waals surface area (Å²) in [5, 5.41) is 11.1. The van der Waals surface area contributed by atoms with Crippen LogP contribution < -0.4 is 5.32 Å². The minimum atomic E-state index is -0.319. The Labute approximate surface area is 142 Å². The first kappa shape index (κ1) is 15.0. The summed E-state index contributed by atoms with van der Waals surface area (Å²) < 4.78 is 14.8. The van der Waals surface area contributed by atoms with Crippen LogP contribution >= 0.6 is 0 Å². The number of aromatic nitrogens is 3. The van der Waals surface area contributed by atoms with Gasteiger partial charge in [-0.1, -0.05) is 18.2 Å². The van der Waals surface area contributed by atoms with Crippen LogP contribution in [0.4, 0.5) is 10.1 Å². The Hall–Kier alpha value is -3.54. The third kappa shape index (κ3) is 2.85. The monoisotopic (exact) mass is 332 g/mol. The molecule has 2 aromatic heterocycles. The second-order valence-corrected chi connectivity index (χ2v) is 5.47. The normalized spacial score (nSPS) is 10.8. The fourth-order valence-electron chi connectivity index (χ4n) is 2.61. The van der Waals surface area contributed by atoms with Gasteiger partial charge in [0, 0.05) is 17.4 Å². The molecule has 2 heterocycles. The van der Waals surface area contributed by atoms with E-state index in [2.05, 4.69) is 15.5 Å². The first-order valence-corrected chi connectivity index (χ1v) is 7.68. The highest BCUT2D eigenvalue weighted by molar-refractivity contribution is 6.08. The largest absolute Gasteiger partial charge is 0.322 e. The fourth-order valence-corrected chi connectivity index (χ4v) is 2.61. The van der Waals surface area contributed by atoms with Crippen molar-refractivity contribution < 1.29 is 9.18 Å². The van der Waals surface area contributed by atoms with Gasteiger partial charge >= 0.3 is 0 Å². The summed E-state index contributed by atoms with van der Waals surface area (Å²) >= 11 is 0. The average molecular weight is 332 g/mol. The van der Waals surface area contributed by atoms with Crippen molar-refractivity contribution in [2.24, 2.45) is 0 Å². The van der Waals surface area contributed by atoms with Crippen LogP contribution in [0.5, 0.6) is 0 Å². The molecular weight excluding hydrogens is 319 g/mol. The van der Waals surface area contributed by atoms with Gasteiger partial charge in [0.1, 0.15) is 5.82 Å². The highest BCUT2D eigenvalue weighted by atomic mass is 19.1. The molecule has 25 heavy (non-hydrogen) atoms. The summed E-state index contributed by atoms with van der Waals surface area (Å²) in [6, 6.07) is 18.6. The lowest BCUT2D eigenvalue weighted by atomic mass is 10.2. The van der Waals surface area contributed by atoms with E-state index >= 15 is 0 Å². The first-order chi connectivity index (χ1) is 12.2. The maximum absolute atomic E-state index is 13.1. The highest BCUT2D eigenvalue weighted by Crippen LogP contribution is 2.21. The van der Waals surface area contributed by atoms with Gasteiger partial charge < -0.3 is 5.32 Å². The molecule has 0 radical (unpaired) electrons. The highest BCUT2D eigenvalue weighted by Gasteiger charge is 2.16. The summed E-state index contributed by atoms with van der Waals surface area (Å²) in [6.07, 6.45) is 1.77. The zero-order chi connectivity index (χ0) is 17.2. The number of amides is 1. The van der Waals surface area contributed by atoms with Crippen molar-refractivity contribution in [3.8, 4) is 11.4 Å². The van der Waals surface area contributed by atoms with E-state index in [1.165, 1.54) is 12.1 Å². The predicted molar refractivity (Wildman–Crippen MR) is 92.8 cm³/mol. The first-order valence-electron chi connectivity index (χ1n) is 7.68. The van der Waals surface area contributed by atoms with Crippen molar-refractivity contribution in [1.82, 2.24) is 14.6 Å². The quantitative estimate of drug-likeness (QED) is 0.621. The number of nitrogens with zero attached hydrogens (tertiary/aromatic N) is 3. The molecule has 0 spiro atoms. The van der Waals surface area contributed by atoms with Crippen LogP contribution in [-0.4, -0.2) is 20.5 Å². The number of hydrogen-bond acceptors (Lipinski definition) is 3. The number of benzene rings is 2. The van der Waals surface area contributed by atoms with E-state index in [0.29, 0.717) is 22.7 Å². The molecule has 0 aliphatic rings. The lowest BCUT2D eigenvalue weighted by molar-refractivity contribution is 0.102. The second-order valence-electron chi connectivity index (χ2n) is 5.47. The summed E-state index contributed by atoms with van der Waals surface area (Å²) in [5.41, 5.74) is 2.27. The van der Waals surface area contributed by atoms with Crippen molar-refractivity contribution in [1.29, 1.82) is 0 Å². The molecular formula is C19H13FN4O. The van der Waals surface area contributed by atoms with Gasteiger partial charge in [-0.25, -0.2) is 4.39 Å². The number of pyridine rings is 1. The van der Waals surface area contributed by atoms with Crippen molar-refractivity contribution in [3.05, 3.63) is 84.3 Å². The van der Waals surface area contributed by atoms with E-state index in [-0.39, 0.29) is 11.7 Å². The van der Waals surface area contributed by atoms with Crippen LogP contribution in [0, 0.1) is 5.82 Å². The molecule has 0 unspecified atom stereocenters. The molecule has 0 bridgehead atoms. The molecule has 1 N–H and O–H groups in total. The van der Waals surface area contributed by atoms with E-state index in [1.54, 1.807) is 34.9 Å². The molecule has 1 amide bonds. The molecule has 2 aromatic carbocycles. The van der Waals surface area contributed by atoms with Gasteiger partial charge in [0.15, 0.2) is 11.5 Å². The zero-order valence-electron chi connectivity index (χ0n) is 13.1. The Kier molecular flexibility index (Phi) is 3.70. The van der Waals surface area contributed by atoms with Crippen molar-refractivity contribution in [3.63, 3.8) is 0 Å². The maximum atomic E-state index is 13.1. The minimum absolute atomic E-state index is 0.269. The standard InChI is InChI=1S/C19H13FN4O/c20-14-10-8-13(9-11-14)17-22-23-18-16(7-4-12-24(17)18)19(25)21-15-5-2-1-3-6-15/h1-12H,(H,21,25). The number of nitrogens with one attached hydrogen (secondary N) is 1. The smallest absolute Gasteiger partial charge is 0.259 e. The van der Waals surface area contributed by atoms with Gasteiger partial charge in [-0.2, -0.15) is 0 Å². The molecule has 0 aliphatic carbocycles. The van der Waals surface area contributed by atoms with E-state index in [1.807, 2.05) is 30.3 Å². The summed E-state index contributed by atoms with van der Waals surface area (Å²) in [5.74, 6) is -0.0419. The van der Waals surface area contributed by atoms with Gasteiger partial charge in [-0.15, -0.1) is 10.2 Å². The molecule has 0 aliphatic heterocycles. The molecule has 6 heteroatoms. The number of fused-ring (bicyclic) bond motifs is 1. The summed E-state index contributed by atoms with van der Waals surface area (Å²) in [7, 11) is 0. The number of halogens is 1. The van der Waals surface area contributed by atoms with Gasteiger partial charge in [0.05, 0.1) is 5.56 Å². The Morgan fingerprint density at radius 2 is 1.68 bits per heavy atom. The molecule has 4 rings (SSSR count). The molecule has 5 nitrogen and oxygen atoms in total. The van der Waals surface area contributed by atoms with Gasteiger partial charge in [0.2, 0.25) is 0 Å². The Morgan fingerprint density at radius 3 is 2.44 bits per heavy atom. The average Bonchev–Trinajstić information content (AvgIpc) is 3.07. The number of carbonyl (C=O) groups excluding carboxylic acids is 1. The molecule has 0 saturated heterocycles. The maximum Gasteiger partial charge on any atom is 0.259 e. The Bertz CT molecular complexity index is 1040. The molecule has 4 aromatic rings. The fraction of sp³-hybridized carbons (Fsp3) is 0. The number of rotatable bonds is 3. The molecule has 0 saturated carbocycles. The van der Waals surface area contributed by atoms with Crippen LogP contribution in [0.15, 0.2) is 72.9 Å². The lowest BCUT2D eigenvalue weighted by Gasteiger charge is -2.06. The van der Waals surface area contributed by atoms with Gasteiger partial charge in [-0.3, -0.25) is 9.20 Å². The van der Waals surface area contributed by atoms with Gasteiger partial charge in [0.25, 0.3) is 5.91 Å². The Morgan fingerprint density at radius 1 is 0.920 bits per heavy atom. The number of carbonyl (C=O) groups is 1. The van der Waals surface area contributed by atoms with E-state index < -0.39 is 0 Å². The molecule has 0 atom stereocenters.